The van der Waals surface area contributed by atoms with E-state index in [1.807, 2.05) is 42.5 Å². The molecule has 0 bridgehead atoms. The zero-order chi connectivity index (χ0) is 54.0. The van der Waals surface area contributed by atoms with Crippen molar-refractivity contribution < 1.29 is 53.9 Å². The number of hydrogen-bond donors (Lipinski definition) is 12. The fourth-order valence-corrected chi connectivity index (χ4v) is 6.44. The lowest BCUT2D eigenvalue weighted by Crippen LogP contribution is -2.19. The number of benzene rings is 7. The molecule has 75 heavy (non-hydrogen) atoms. The molecule has 0 aliphatic carbocycles. The van der Waals surface area contributed by atoms with Gasteiger partial charge in [0.1, 0.15) is 0 Å². The van der Waals surface area contributed by atoms with Crippen LogP contribution in [0.15, 0.2) is 176 Å². The van der Waals surface area contributed by atoms with Crippen molar-refractivity contribution in [2.45, 2.75) is 0 Å². The Kier molecular flexibility index (Phi) is 21.9. The monoisotopic (exact) mass is 1040 g/mol. The molecule has 0 saturated heterocycles. The van der Waals surface area contributed by atoms with Gasteiger partial charge in [-0.05, 0) is 119 Å². The third-order valence-corrected chi connectivity index (χ3v) is 10.2. The van der Waals surface area contributed by atoms with Crippen molar-refractivity contribution in [3.8, 4) is 11.5 Å². The Balaban J connectivity index is 0.000000209. The van der Waals surface area contributed by atoms with Gasteiger partial charge in [0.15, 0.2) is 11.5 Å². The number of anilines is 6. The standard InChI is InChI=1S/C20H17N3O3.C18H19N3O5.C16H14ClN3O3/c24-19(23-26)13-10-14-8-11-16(12-9-14)21-20(25)22-18-7-3-5-15-4-1-2-6-17(15)18;1-25-15-9-8-14(11-16(15)26-2)20-18(23)19-13-6-3-12(4-7-13)5-10-17(22)21-24;17-12-4-8-14(9-5-12)19-16(22)18-13-6-1-11(2-7-13)3-10-15(21)20-23/h1-13,26H,(H,23,24)(H2,21,22,25);3-11,24H,1-2H3,(H,21,22)(H2,19,20,23);1-10,23H,(H,20,21)(H2,18,19,22)/b13-10+;10-5+;10-3+. The molecule has 0 saturated carbocycles. The van der Waals surface area contributed by atoms with Crippen molar-refractivity contribution >= 4 is 111 Å². The highest BCUT2D eigenvalue weighted by molar-refractivity contribution is 6.30. The average molecular weight is 1040 g/mol. The first-order chi connectivity index (χ1) is 36.3. The Morgan fingerprint density at radius 1 is 0.413 bits per heavy atom. The van der Waals surface area contributed by atoms with Crippen molar-refractivity contribution in [1.82, 2.24) is 16.4 Å². The fourth-order valence-electron chi connectivity index (χ4n) is 6.31. The van der Waals surface area contributed by atoms with Gasteiger partial charge in [0, 0.05) is 63.1 Å². The maximum absolute atomic E-state index is 12.2. The van der Waals surface area contributed by atoms with E-state index in [9.17, 15) is 28.8 Å². The topological polar surface area (TPSA) is 290 Å². The second kappa shape index (κ2) is 29.4. The maximum Gasteiger partial charge on any atom is 0.323 e. The lowest BCUT2D eigenvalue weighted by atomic mass is 10.1. The first-order valence-corrected chi connectivity index (χ1v) is 22.5. The minimum atomic E-state index is -0.624. The van der Waals surface area contributed by atoms with E-state index in [1.54, 1.807) is 121 Å². The van der Waals surface area contributed by atoms with Crippen molar-refractivity contribution in [1.29, 1.82) is 0 Å². The van der Waals surface area contributed by atoms with Crippen molar-refractivity contribution in [2.75, 3.05) is 46.1 Å². The van der Waals surface area contributed by atoms with Gasteiger partial charge >= 0.3 is 18.1 Å². The average Bonchev–Trinajstić information content (AvgIpc) is 3.43. The van der Waals surface area contributed by atoms with Crippen LogP contribution in [0.25, 0.3) is 29.0 Å². The molecule has 21 heteroatoms. The van der Waals surface area contributed by atoms with Gasteiger partial charge in [-0.1, -0.05) is 84.4 Å². The zero-order valence-corrected chi connectivity index (χ0v) is 40.7. The number of fused-ring (bicyclic) bond motifs is 1. The summed E-state index contributed by atoms with van der Waals surface area (Å²) in [4.78, 5) is 68.9. The number of methoxy groups -OCH3 is 2. The fraction of sp³-hybridized carbons (Fsp3) is 0.0370. The smallest absolute Gasteiger partial charge is 0.323 e. The molecule has 0 spiro atoms. The van der Waals surface area contributed by atoms with Crippen LogP contribution in [0.5, 0.6) is 11.5 Å². The van der Waals surface area contributed by atoms with Gasteiger partial charge in [0.05, 0.1) is 19.9 Å². The van der Waals surface area contributed by atoms with E-state index in [0.717, 1.165) is 33.2 Å². The number of carbonyl (C=O) groups is 6. The quantitative estimate of drug-likeness (QED) is 0.0276. The van der Waals surface area contributed by atoms with Crippen LogP contribution >= 0.6 is 11.6 Å². The number of rotatable bonds is 14. The minimum Gasteiger partial charge on any atom is -0.493 e. The molecule has 0 radical (unpaired) electrons. The van der Waals surface area contributed by atoms with E-state index in [0.29, 0.717) is 45.0 Å². The highest BCUT2D eigenvalue weighted by Crippen LogP contribution is 2.30. The highest BCUT2D eigenvalue weighted by Gasteiger charge is 2.09. The second-order valence-corrected chi connectivity index (χ2v) is 15.6. The third-order valence-electron chi connectivity index (χ3n) is 9.90. The van der Waals surface area contributed by atoms with Crippen LogP contribution in [0, 0.1) is 0 Å². The number of amides is 9. The lowest BCUT2D eigenvalue weighted by molar-refractivity contribution is -0.124. The number of nitrogens with one attached hydrogen (secondary N) is 9. The molecule has 0 aliphatic rings. The molecule has 7 aromatic carbocycles. The predicted molar refractivity (Wildman–Crippen MR) is 289 cm³/mol. The molecule has 20 nitrogen and oxygen atoms in total. The summed E-state index contributed by atoms with van der Waals surface area (Å²) in [6, 6.07) is 44.8. The first kappa shape index (κ1) is 55.9. The number of ether oxygens (including phenoxy) is 2. The Hall–Kier alpha value is -9.99. The molecule has 0 unspecified atom stereocenters. The molecule has 7 aromatic rings. The summed E-state index contributed by atoms with van der Waals surface area (Å²) in [7, 11) is 3.05. The Morgan fingerprint density at radius 2 is 0.773 bits per heavy atom. The third kappa shape index (κ3) is 19.3. The molecule has 0 aliphatic heterocycles. The number of halogens is 1. The normalized spacial score (nSPS) is 10.4. The molecular formula is C54H50ClN9O11. The van der Waals surface area contributed by atoms with Gasteiger partial charge in [0.25, 0.3) is 17.7 Å². The van der Waals surface area contributed by atoms with Gasteiger partial charge in [0.2, 0.25) is 0 Å². The summed E-state index contributed by atoms with van der Waals surface area (Å²) < 4.78 is 10.3. The molecule has 0 heterocycles. The summed E-state index contributed by atoms with van der Waals surface area (Å²) in [6.07, 6.45) is 8.19. The zero-order valence-electron chi connectivity index (χ0n) is 40.0. The van der Waals surface area contributed by atoms with Crippen LogP contribution in [0.2, 0.25) is 5.02 Å². The second-order valence-electron chi connectivity index (χ2n) is 15.1. The maximum atomic E-state index is 12.2. The van der Waals surface area contributed by atoms with Gasteiger partial charge in [-0.2, -0.15) is 0 Å². The summed E-state index contributed by atoms with van der Waals surface area (Å²) in [6.45, 7) is 0. The Labute approximate surface area is 434 Å². The number of hydroxylamine groups is 3. The summed E-state index contributed by atoms with van der Waals surface area (Å²) in [5, 5.41) is 44.2. The van der Waals surface area contributed by atoms with E-state index < -0.39 is 23.8 Å². The van der Waals surface area contributed by atoms with Crippen LogP contribution in [0.4, 0.5) is 48.5 Å². The van der Waals surface area contributed by atoms with Crippen LogP contribution in [0.1, 0.15) is 16.7 Å². The largest absolute Gasteiger partial charge is 0.493 e. The molecule has 0 atom stereocenters. The molecule has 0 fully saturated rings. The van der Waals surface area contributed by atoms with E-state index >= 15 is 0 Å². The van der Waals surface area contributed by atoms with E-state index in [-0.39, 0.29) is 12.1 Å². The first-order valence-electron chi connectivity index (χ1n) is 22.1. The predicted octanol–water partition coefficient (Wildman–Crippen LogP) is 10.4. The van der Waals surface area contributed by atoms with Gasteiger partial charge < -0.3 is 41.4 Å². The SMILES string of the molecule is COc1ccc(NC(=O)Nc2ccc(/C=C/C(=O)NO)cc2)cc1OC.O=C(/C=C/c1ccc(NC(=O)Nc2ccc(Cl)cc2)cc1)NO.O=C(/C=C/c1ccc(NC(=O)Nc2cccc3ccccc23)cc1)NO. The summed E-state index contributed by atoms with van der Waals surface area (Å²) in [5.41, 5.74) is 10.5. The minimum absolute atomic E-state index is 0.343. The van der Waals surface area contributed by atoms with Crippen molar-refractivity contribution in [3.05, 3.63) is 198 Å². The van der Waals surface area contributed by atoms with Gasteiger partial charge in [-0.25, -0.2) is 30.8 Å². The van der Waals surface area contributed by atoms with E-state index in [1.165, 1.54) is 61.0 Å². The summed E-state index contributed by atoms with van der Waals surface area (Å²) in [5.74, 6) is -0.775. The van der Waals surface area contributed by atoms with Crippen molar-refractivity contribution in [3.63, 3.8) is 0 Å². The van der Waals surface area contributed by atoms with Crippen LogP contribution < -0.4 is 57.8 Å². The number of urea groups is 3. The number of carbonyl (C=O) groups excluding carboxylic acids is 6. The molecule has 0 aromatic heterocycles. The molecule has 9 amide bonds. The van der Waals surface area contributed by atoms with Crippen LogP contribution in [-0.4, -0.2) is 65.7 Å². The molecular weight excluding hydrogens is 986 g/mol. The summed E-state index contributed by atoms with van der Waals surface area (Å²) >= 11 is 5.77. The van der Waals surface area contributed by atoms with E-state index in [4.69, 9.17) is 36.7 Å². The molecule has 12 N–H and O–H groups in total. The molecule has 384 valence electrons. The lowest BCUT2D eigenvalue weighted by Gasteiger charge is -2.11. The Bertz CT molecular complexity index is 3150. The van der Waals surface area contributed by atoms with Crippen molar-refractivity contribution in [2.24, 2.45) is 0 Å². The van der Waals surface area contributed by atoms with E-state index in [2.05, 4.69) is 31.9 Å². The van der Waals surface area contributed by atoms with Crippen LogP contribution in [-0.2, 0) is 14.4 Å². The Morgan fingerprint density at radius 3 is 1.19 bits per heavy atom. The van der Waals surface area contributed by atoms with Gasteiger partial charge in [-0.15, -0.1) is 0 Å². The van der Waals surface area contributed by atoms with Gasteiger partial charge in [-0.3, -0.25) is 30.0 Å². The number of hydrogen-bond acceptors (Lipinski definition) is 11. The van der Waals surface area contributed by atoms with Crippen LogP contribution in [0.3, 0.4) is 0 Å². The molecule has 7 rings (SSSR count). The highest BCUT2D eigenvalue weighted by atomic mass is 35.5.